The normalized spacial score (nSPS) is 16.4. The van der Waals surface area contributed by atoms with Gasteiger partial charge in [0.25, 0.3) is 11.8 Å². The number of carbonyl (C=O) groups excluding carboxylic acids is 2. The Balaban J connectivity index is 1.83. The third-order valence-electron chi connectivity index (χ3n) is 5.62. The van der Waals surface area contributed by atoms with Crippen molar-refractivity contribution < 1.29 is 42.5 Å². The molecule has 1 aliphatic heterocycles. The molecule has 0 fully saturated rings. The fourth-order valence-electron chi connectivity index (χ4n) is 4.08. The molecule has 2 unspecified atom stereocenters. The van der Waals surface area contributed by atoms with Gasteiger partial charge in [-0.3, -0.25) is 9.59 Å². The van der Waals surface area contributed by atoms with Crippen LogP contribution >= 0.6 is 22.6 Å². The van der Waals surface area contributed by atoms with Crippen LogP contribution in [0.15, 0.2) is 66.7 Å². The van der Waals surface area contributed by atoms with E-state index < -0.39 is 42.0 Å². The molecular formula is C25H18F3IN2O6. The molecule has 0 radical (unpaired) electrons. The molecule has 0 aliphatic carbocycles. The van der Waals surface area contributed by atoms with Gasteiger partial charge >= 0.3 is 12.3 Å². The maximum absolute atomic E-state index is 13.8. The molecule has 3 aromatic carbocycles. The number of hydrogen-bond acceptors (Lipinski definition) is 5. The predicted molar refractivity (Wildman–Crippen MR) is 133 cm³/mol. The molecule has 12 heteroatoms. The van der Waals surface area contributed by atoms with Crippen molar-refractivity contribution in [3.63, 3.8) is 0 Å². The first kappa shape index (κ1) is 26.3. The molecule has 0 spiro atoms. The SMILES string of the molecule is O=C(O)C(Cc1cccc(O)c1)N1C(=O)c2cc(I)ccc2NC(=O)C1c1ccc(OC(F)(F)F)cc1. The van der Waals surface area contributed by atoms with Crippen LogP contribution in [-0.4, -0.2) is 45.3 Å². The lowest BCUT2D eigenvalue weighted by Crippen LogP contribution is -2.50. The number of halogens is 4. The van der Waals surface area contributed by atoms with Gasteiger partial charge in [-0.15, -0.1) is 13.2 Å². The Morgan fingerprint density at radius 2 is 1.78 bits per heavy atom. The van der Waals surface area contributed by atoms with E-state index in [1.807, 2.05) is 22.6 Å². The van der Waals surface area contributed by atoms with Gasteiger partial charge in [0.1, 0.15) is 23.6 Å². The van der Waals surface area contributed by atoms with Gasteiger partial charge in [-0.25, -0.2) is 4.79 Å². The van der Waals surface area contributed by atoms with Crippen LogP contribution in [0.25, 0.3) is 0 Å². The molecule has 3 aromatic rings. The topological polar surface area (TPSA) is 116 Å². The highest BCUT2D eigenvalue weighted by molar-refractivity contribution is 14.1. The predicted octanol–water partition coefficient (Wildman–Crippen LogP) is 4.73. The number of aliphatic carboxylic acids is 1. The van der Waals surface area contributed by atoms with Crippen molar-refractivity contribution in [3.05, 3.63) is 87.0 Å². The van der Waals surface area contributed by atoms with Crippen molar-refractivity contribution in [3.8, 4) is 11.5 Å². The molecule has 4 rings (SSSR count). The number of carbonyl (C=O) groups is 3. The number of amides is 2. The fraction of sp³-hybridized carbons (Fsp3) is 0.160. The number of ether oxygens (including phenoxy) is 1. The first-order chi connectivity index (χ1) is 17.4. The summed E-state index contributed by atoms with van der Waals surface area (Å²) in [6.07, 6.45) is -5.19. The second kappa shape index (κ2) is 10.3. The number of alkyl halides is 3. The summed E-state index contributed by atoms with van der Waals surface area (Å²) in [5, 5.41) is 22.6. The summed E-state index contributed by atoms with van der Waals surface area (Å²) < 4.78 is 42.4. The second-order valence-electron chi connectivity index (χ2n) is 8.14. The van der Waals surface area contributed by atoms with Crippen molar-refractivity contribution >= 4 is 46.1 Å². The van der Waals surface area contributed by atoms with Gasteiger partial charge in [0.2, 0.25) is 0 Å². The molecule has 2 atom stereocenters. The number of aromatic hydroxyl groups is 1. The number of carboxylic acids is 1. The lowest BCUT2D eigenvalue weighted by molar-refractivity contribution is -0.274. The van der Waals surface area contributed by atoms with Crippen molar-refractivity contribution in [2.24, 2.45) is 0 Å². The van der Waals surface area contributed by atoms with Crippen LogP contribution in [0, 0.1) is 3.57 Å². The highest BCUT2D eigenvalue weighted by atomic mass is 127. The Morgan fingerprint density at radius 1 is 1.08 bits per heavy atom. The zero-order valence-electron chi connectivity index (χ0n) is 18.7. The smallest absolute Gasteiger partial charge is 0.508 e. The number of benzene rings is 3. The van der Waals surface area contributed by atoms with E-state index in [1.54, 1.807) is 12.1 Å². The first-order valence-corrected chi connectivity index (χ1v) is 11.8. The molecule has 0 bridgehead atoms. The van der Waals surface area contributed by atoms with E-state index in [1.165, 1.54) is 42.5 Å². The lowest BCUT2D eigenvalue weighted by Gasteiger charge is -2.34. The monoisotopic (exact) mass is 626 g/mol. The van der Waals surface area contributed by atoms with Crippen molar-refractivity contribution in [2.75, 3.05) is 5.32 Å². The van der Waals surface area contributed by atoms with E-state index in [9.17, 15) is 37.8 Å². The Morgan fingerprint density at radius 3 is 2.41 bits per heavy atom. The minimum absolute atomic E-state index is 0.0573. The highest BCUT2D eigenvalue weighted by Crippen LogP contribution is 2.35. The van der Waals surface area contributed by atoms with Crippen LogP contribution < -0.4 is 10.1 Å². The number of rotatable bonds is 6. The summed E-state index contributed by atoms with van der Waals surface area (Å²) in [5.41, 5.74) is 0.689. The first-order valence-electron chi connectivity index (χ1n) is 10.7. The van der Waals surface area contributed by atoms with Crippen LogP contribution in [-0.2, 0) is 16.0 Å². The number of nitrogens with one attached hydrogen (secondary N) is 1. The van der Waals surface area contributed by atoms with E-state index in [4.69, 9.17) is 0 Å². The molecule has 1 heterocycles. The average Bonchev–Trinajstić information content (AvgIpc) is 2.91. The van der Waals surface area contributed by atoms with Gasteiger partial charge in [-0.2, -0.15) is 0 Å². The third-order valence-corrected chi connectivity index (χ3v) is 6.29. The zero-order chi connectivity index (χ0) is 26.9. The van der Waals surface area contributed by atoms with Gasteiger partial charge < -0.3 is 25.2 Å². The quantitative estimate of drug-likeness (QED) is 0.341. The standard InChI is InChI=1S/C25H18F3IN2O6/c26-25(27,28)37-17-7-4-14(5-8-17)21-22(33)30-19-9-6-15(29)12-18(19)23(34)31(21)20(24(35)36)11-13-2-1-3-16(32)10-13/h1-10,12,20-21,32H,11H2,(H,30,33)(H,35,36). The minimum Gasteiger partial charge on any atom is -0.508 e. The van der Waals surface area contributed by atoms with Crippen LogP contribution in [0.4, 0.5) is 18.9 Å². The molecule has 37 heavy (non-hydrogen) atoms. The molecular weight excluding hydrogens is 608 g/mol. The van der Waals surface area contributed by atoms with Gasteiger partial charge in [-0.05, 0) is 76.2 Å². The van der Waals surface area contributed by atoms with E-state index in [0.29, 0.717) is 9.13 Å². The molecule has 0 aromatic heterocycles. The second-order valence-corrected chi connectivity index (χ2v) is 9.38. The summed E-state index contributed by atoms with van der Waals surface area (Å²) in [5.74, 6) is -3.59. The number of anilines is 1. The van der Waals surface area contributed by atoms with E-state index in [-0.39, 0.29) is 29.0 Å². The van der Waals surface area contributed by atoms with E-state index in [0.717, 1.165) is 17.0 Å². The van der Waals surface area contributed by atoms with Crippen LogP contribution in [0.5, 0.6) is 11.5 Å². The largest absolute Gasteiger partial charge is 0.573 e. The Bertz CT molecular complexity index is 1360. The van der Waals surface area contributed by atoms with Gasteiger partial charge in [-0.1, -0.05) is 24.3 Å². The van der Waals surface area contributed by atoms with Gasteiger partial charge in [0, 0.05) is 9.99 Å². The molecule has 0 saturated carbocycles. The third kappa shape index (κ3) is 5.96. The van der Waals surface area contributed by atoms with E-state index >= 15 is 0 Å². The summed E-state index contributed by atoms with van der Waals surface area (Å²) >= 11 is 1.97. The van der Waals surface area contributed by atoms with Crippen molar-refractivity contribution in [2.45, 2.75) is 24.9 Å². The number of fused-ring (bicyclic) bond motifs is 1. The number of nitrogens with zero attached hydrogens (tertiary/aromatic N) is 1. The van der Waals surface area contributed by atoms with Gasteiger partial charge in [0.05, 0.1) is 11.3 Å². The lowest BCUT2D eigenvalue weighted by atomic mass is 9.97. The molecule has 3 N–H and O–H groups in total. The fourth-order valence-corrected chi connectivity index (χ4v) is 4.57. The van der Waals surface area contributed by atoms with Gasteiger partial charge in [0.15, 0.2) is 0 Å². The summed E-state index contributed by atoms with van der Waals surface area (Å²) in [6, 6.07) is 11.7. The Hall–Kier alpha value is -3.81. The Kier molecular flexibility index (Phi) is 7.30. The van der Waals surface area contributed by atoms with Crippen LogP contribution in [0.1, 0.15) is 27.5 Å². The minimum atomic E-state index is -4.93. The van der Waals surface area contributed by atoms with E-state index in [2.05, 4.69) is 10.1 Å². The average molecular weight is 626 g/mol. The molecule has 192 valence electrons. The molecule has 0 saturated heterocycles. The summed E-state index contributed by atoms with van der Waals surface area (Å²) in [4.78, 5) is 40.6. The highest BCUT2D eigenvalue weighted by Gasteiger charge is 2.43. The molecule has 2 amide bonds. The van der Waals surface area contributed by atoms with Crippen molar-refractivity contribution in [1.29, 1.82) is 0 Å². The number of hydrogen-bond donors (Lipinski definition) is 3. The molecule has 8 nitrogen and oxygen atoms in total. The molecule has 1 aliphatic rings. The van der Waals surface area contributed by atoms with Crippen LogP contribution in [0.3, 0.4) is 0 Å². The van der Waals surface area contributed by atoms with Crippen LogP contribution in [0.2, 0.25) is 0 Å². The maximum atomic E-state index is 13.8. The van der Waals surface area contributed by atoms with Crippen molar-refractivity contribution in [1.82, 2.24) is 4.90 Å². The Labute approximate surface area is 221 Å². The number of phenolic OH excluding ortho intramolecular Hbond substituents is 1. The zero-order valence-corrected chi connectivity index (χ0v) is 20.9. The number of carboxylic acid groups (broad SMARTS) is 1. The summed E-state index contributed by atoms with van der Waals surface area (Å²) in [7, 11) is 0. The number of phenols is 1. The summed E-state index contributed by atoms with van der Waals surface area (Å²) in [6.45, 7) is 0. The maximum Gasteiger partial charge on any atom is 0.573 e.